The average molecular weight is 409 g/mol. The van der Waals surface area contributed by atoms with Crippen molar-refractivity contribution in [1.82, 2.24) is 0 Å². The van der Waals surface area contributed by atoms with Gasteiger partial charge < -0.3 is 9.47 Å². The second kappa shape index (κ2) is 12.4. The molecule has 0 amide bonds. The predicted octanol–water partition coefficient (Wildman–Crippen LogP) is 7.69. The molecule has 1 aliphatic rings. The Morgan fingerprint density at radius 2 is 1.43 bits per heavy atom. The van der Waals surface area contributed by atoms with E-state index in [0.29, 0.717) is 17.2 Å². The van der Waals surface area contributed by atoms with Gasteiger partial charge in [0.15, 0.2) is 0 Å². The van der Waals surface area contributed by atoms with E-state index >= 15 is 0 Å². The molecule has 0 heterocycles. The van der Waals surface area contributed by atoms with Crippen LogP contribution >= 0.6 is 0 Å². The monoisotopic (exact) mass is 408 g/mol. The van der Waals surface area contributed by atoms with Gasteiger partial charge in [0, 0.05) is 0 Å². The van der Waals surface area contributed by atoms with E-state index in [9.17, 15) is 4.79 Å². The van der Waals surface area contributed by atoms with Crippen molar-refractivity contribution in [1.29, 1.82) is 0 Å². The third-order valence-electron chi connectivity index (χ3n) is 6.02. The third kappa shape index (κ3) is 7.19. The topological polar surface area (TPSA) is 35.5 Å². The molecule has 0 unspecified atom stereocenters. The van der Waals surface area contributed by atoms with Crippen LogP contribution in [0.2, 0.25) is 0 Å². The fraction of sp³-hybridized carbons (Fsp3) is 0.519. The molecular formula is C27H36O3. The molecule has 3 heteroatoms. The number of unbranched alkanes of at least 4 members (excludes halogenated alkanes) is 5. The fourth-order valence-electron chi connectivity index (χ4n) is 4.17. The molecule has 0 spiro atoms. The Hall–Kier alpha value is -2.29. The first kappa shape index (κ1) is 22.4. The Kier molecular flexibility index (Phi) is 9.27. The van der Waals surface area contributed by atoms with Gasteiger partial charge in [0.05, 0.1) is 12.2 Å². The number of carbonyl (C=O) groups is 1. The molecule has 1 fully saturated rings. The predicted molar refractivity (Wildman–Crippen MR) is 123 cm³/mol. The Morgan fingerprint density at radius 3 is 2.13 bits per heavy atom. The van der Waals surface area contributed by atoms with E-state index in [2.05, 4.69) is 19.1 Å². The van der Waals surface area contributed by atoms with Gasteiger partial charge >= 0.3 is 5.97 Å². The lowest BCUT2D eigenvalue weighted by Crippen LogP contribution is -2.09. The van der Waals surface area contributed by atoms with Crippen molar-refractivity contribution in [2.75, 3.05) is 6.61 Å². The summed E-state index contributed by atoms with van der Waals surface area (Å²) in [6.45, 7) is 2.97. The van der Waals surface area contributed by atoms with Gasteiger partial charge in [0.25, 0.3) is 0 Å². The number of ether oxygens (including phenoxy) is 2. The fourth-order valence-corrected chi connectivity index (χ4v) is 4.17. The van der Waals surface area contributed by atoms with Crippen LogP contribution in [0, 0.1) is 0 Å². The van der Waals surface area contributed by atoms with Crippen LogP contribution in [0.1, 0.15) is 99.4 Å². The summed E-state index contributed by atoms with van der Waals surface area (Å²) < 4.78 is 11.3. The molecule has 0 atom stereocenters. The zero-order valence-corrected chi connectivity index (χ0v) is 18.4. The van der Waals surface area contributed by atoms with Crippen molar-refractivity contribution in [3.63, 3.8) is 0 Å². The van der Waals surface area contributed by atoms with Crippen LogP contribution in [-0.2, 0) is 0 Å². The lowest BCUT2D eigenvalue weighted by Gasteiger charge is -2.21. The summed E-state index contributed by atoms with van der Waals surface area (Å²) in [7, 11) is 0. The number of benzene rings is 2. The van der Waals surface area contributed by atoms with Crippen LogP contribution in [0.5, 0.6) is 11.5 Å². The highest BCUT2D eigenvalue weighted by molar-refractivity contribution is 5.91. The van der Waals surface area contributed by atoms with Gasteiger partial charge in [-0.2, -0.15) is 0 Å². The molecule has 0 aromatic heterocycles. The van der Waals surface area contributed by atoms with E-state index in [1.165, 1.54) is 69.8 Å². The van der Waals surface area contributed by atoms with Crippen molar-refractivity contribution in [2.24, 2.45) is 0 Å². The normalized spacial score (nSPS) is 14.4. The van der Waals surface area contributed by atoms with Crippen molar-refractivity contribution >= 4 is 5.97 Å². The number of esters is 1. The van der Waals surface area contributed by atoms with Crippen molar-refractivity contribution in [3.8, 4) is 11.5 Å². The van der Waals surface area contributed by atoms with Crippen molar-refractivity contribution in [3.05, 3.63) is 59.7 Å². The molecule has 162 valence electrons. The van der Waals surface area contributed by atoms with E-state index in [1.54, 1.807) is 12.1 Å². The minimum Gasteiger partial charge on any atom is -0.494 e. The highest BCUT2D eigenvalue weighted by atomic mass is 16.5. The Morgan fingerprint density at radius 1 is 0.800 bits per heavy atom. The molecule has 3 nitrogen and oxygen atoms in total. The van der Waals surface area contributed by atoms with Gasteiger partial charge in [0.1, 0.15) is 11.5 Å². The van der Waals surface area contributed by atoms with Gasteiger partial charge in [-0.3, -0.25) is 0 Å². The van der Waals surface area contributed by atoms with Crippen LogP contribution in [0.3, 0.4) is 0 Å². The highest BCUT2D eigenvalue weighted by Gasteiger charge is 2.16. The van der Waals surface area contributed by atoms with Gasteiger partial charge in [-0.05, 0) is 67.1 Å². The average Bonchev–Trinajstić information content (AvgIpc) is 2.80. The first-order valence-corrected chi connectivity index (χ1v) is 11.8. The third-order valence-corrected chi connectivity index (χ3v) is 6.02. The zero-order valence-electron chi connectivity index (χ0n) is 18.4. The lowest BCUT2D eigenvalue weighted by atomic mass is 9.84. The van der Waals surface area contributed by atoms with Crippen molar-refractivity contribution in [2.45, 2.75) is 83.5 Å². The molecular weight excluding hydrogens is 372 g/mol. The molecule has 0 radical (unpaired) electrons. The summed E-state index contributed by atoms with van der Waals surface area (Å²) in [5.41, 5.74) is 1.94. The van der Waals surface area contributed by atoms with E-state index in [0.717, 1.165) is 18.8 Å². The van der Waals surface area contributed by atoms with Crippen molar-refractivity contribution < 1.29 is 14.3 Å². The summed E-state index contributed by atoms with van der Waals surface area (Å²) in [6.07, 6.45) is 14.0. The first-order chi connectivity index (χ1) is 14.8. The zero-order chi connectivity index (χ0) is 21.0. The molecule has 30 heavy (non-hydrogen) atoms. The number of hydrogen-bond acceptors (Lipinski definition) is 3. The Labute approximate surface area is 181 Å². The van der Waals surface area contributed by atoms with E-state index in [-0.39, 0.29) is 5.97 Å². The summed E-state index contributed by atoms with van der Waals surface area (Å²) in [6, 6.07) is 15.3. The second-order valence-electron chi connectivity index (χ2n) is 8.43. The smallest absolute Gasteiger partial charge is 0.343 e. The van der Waals surface area contributed by atoms with Gasteiger partial charge in [-0.25, -0.2) is 4.79 Å². The Balaban J connectivity index is 1.41. The minimum absolute atomic E-state index is 0.314. The molecule has 2 aromatic carbocycles. The van der Waals surface area contributed by atoms with Crippen LogP contribution in [0.25, 0.3) is 0 Å². The van der Waals surface area contributed by atoms with Crippen LogP contribution in [0.15, 0.2) is 48.5 Å². The molecule has 0 N–H and O–H groups in total. The van der Waals surface area contributed by atoms with Crippen LogP contribution in [-0.4, -0.2) is 12.6 Å². The molecule has 0 bridgehead atoms. The number of rotatable bonds is 11. The molecule has 1 saturated carbocycles. The number of carbonyl (C=O) groups excluding carboxylic acids is 1. The second-order valence-corrected chi connectivity index (χ2v) is 8.43. The lowest BCUT2D eigenvalue weighted by molar-refractivity contribution is 0.0734. The highest BCUT2D eigenvalue weighted by Crippen LogP contribution is 2.32. The van der Waals surface area contributed by atoms with Crippen LogP contribution in [0.4, 0.5) is 0 Å². The van der Waals surface area contributed by atoms with E-state index in [4.69, 9.17) is 9.47 Å². The van der Waals surface area contributed by atoms with Gasteiger partial charge in [-0.1, -0.05) is 70.4 Å². The number of hydrogen-bond donors (Lipinski definition) is 0. The standard InChI is InChI=1S/C27H36O3/c1-2-3-4-5-6-10-21-29-25-17-19-26(20-18-25)30-27(28)24-15-13-23(14-16-24)22-11-8-7-9-12-22/h13-20,22H,2-12,21H2,1H3. The van der Waals surface area contributed by atoms with Gasteiger partial charge in [0.2, 0.25) is 0 Å². The molecule has 1 aliphatic carbocycles. The minimum atomic E-state index is -0.314. The summed E-state index contributed by atoms with van der Waals surface area (Å²) in [5, 5.41) is 0. The summed E-state index contributed by atoms with van der Waals surface area (Å²) >= 11 is 0. The summed E-state index contributed by atoms with van der Waals surface area (Å²) in [5.74, 6) is 1.70. The van der Waals surface area contributed by atoms with E-state index < -0.39 is 0 Å². The maximum Gasteiger partial charge on any atom is 0.343 e. The maximum absolute atomic E-state index is 12.5. The largest absolute Gasteiger partial charge is 0.494 e. The maximum atomic E-state index is 12.5. The first-order valence-electron chi connectivity index (χ1n) is 11.8. The van der Waals surface area contributed by atoms with E-state index in [1.807, 2.05) is 24.3 Å². The Bertz CT molecular complexity index is 743. The summed E-state index contributed by atoms with van der Waals surface area (Å²) in [4.78, 5) is 12.5. The SMILES string of the molecule is CCCCCCCCOc1ccc(OC(=O)c2ccc(C3CCCCC3)cc2)cc1. The quantitative estimate of drug-likeness (QED) is 0.217. The molecule has 0 saturated heterocycles. The van der Waals surface area contributed by atoms with Crippen LogP contribution < -0.4 is 9.47 Å². The molecule has 3 rings (SSSR count). The van der Waals surface area contributed by atoms with Gasteiger partial charge in [-0.15, -0.1) is 0 Å². The molecule has 2 aromatic rings. The molecule has 0 aliphatic heterocycles.